The molecule has 4 N–H and O–H groups in total. The maximum atomic E-state index is 12.9. The predicted molar refractivity (Wildman–Crippen MR) is 122 cm³/mol. The Kier molecular flexibility index (Phi) is 5.90. The van der Waals surface area contributed by atoms with E-state index in [4.69, 9.17) is 4.98 Å². The summed E-state index contributed by atoms with van der Waals surface area (Å²) in [5.74, 6) is 1.03. The van der Waals surface area contributed by atoms with Crippen LogP contribution in [0, 0.1) is 0 Å². The van der Waals surface area contributed by atoms with Gasteiger partial charge in [-0.3, -0.25) is 14.9 Å². The number of nitrogens with zero attached hydrogens (tertiary/aromatic N) is 6. The van der Waals surface area contributed by atoms with E-state index in [0.29, 0.717) is 17.2 Å². The molecule has 3 aromatic heterocycles. The molecule has 11 nitrogen and oxygen atoms in total. The molecule has 5 rings (SSSR count). The first-order chi connectivity index (χ1) is 15.8. The number of aromatic amines is 1. The van der Waals surface area contributed by atoms with Crippen LogP contribution in [-0.4, -0.2) is 83.4 Å². The van der Waals surface area contributed by atoms with Crippen LogP contribution in [0.5, 0.6) is 0 Å². The minimum absolute atomic E-state index is 0.129. The van der Waals surface area contributed by atoms with Crippen LogP contribution in [-0.2, 0) is 0 Å². The molecular formula is C21H26N10O. The third-order valence-electron chi connectivity index (χ3n) is 5.61. The molecule has 0 unspecified atom stereocenters. The lowest BCUT2D eigenvalue weighted by molar-refractivity contribution is 0.101. The van der Waals surface area contributed by atoms with Crippen molar-refractivity contribution in [1.82, 2.24) is 35.8 Å². The quantitative estimate of drug-likeness (QED) is 0.449. The van der Waals surface area contributed by atoms with E-state index in [1.165, 1.54) is 0 Å². The van der Waals surface area contributed by atoms with Gasteiger partial charge in [0.05, 0.1) is 17.6 Å². The van der Waals surface area contributed by atoms with E-state index in [1.807, 2.05) is 24.3 Å². The van der Waals surface area contributed by atoms with Gasteiger partial charge in [0.2, 0.25) is 5.82 Å². The Balaban J connectivity index is 1.32. The average molecular weight is 435 g/mol. The highest BCUT2D eigenvalue weighted by atomic mass is 16.2. The summed E-state index contributed by atoms with van der Waals surface area (Å²) in [6.07, 6.45) is 3.39. The molecule has 2 fully saturated rings. The largest absolute Gasteiger partial charge is 0.367 e. The van der Waals surface area contributed by atoms with Crippen LogP contribution < -0.4 is 25.8 Å². The van der Waals surface area contributed by atoms with Gasteiger partial charge in [-0.05, 0) is 18.2 Å². The topological polar surface area (TPSA) is 127 Å². The van der Waals surface area contributed by atoms with E-state index in [-0.39, 0.29) is 11.7 Å². The van der Waals surface area contributed by atoms with Gasteiger partial charge in [0, 0.05) is 58.6 Å². The lowest BCUT2D eigenvalue weighted by Crippen LogP contribution is -2.43. The summed E-state index contributed by atoms with van der Waals surface area (Å²) >= 11 is 0. The number of pyridine rings is 2. The number of piperazine rings is 2. The van der Waals surface area contributed by atoms with Gasteiger partial charge in [-0.15, -0.1) is 0 Å². The van der Waals surface area contributed by atoms with E-state index in [2.05, 4.69) is 45.9 Å². The second-order valence-corrected chi connectivity index (χ2v) is 7.71. The van der Waals surface area contributed by atoms with Crippen molar-refractivity contribution in [2.45, 2.75) is 0 Å². The molecule has 1 amide bonds. The SMILES string of the molecule is O=C(Nc1cnccc1N1CCNCC1)c1nc(-c2cccc(N3CCNCC3)n2)n[nH]1. The number of hydrogen-bond acceptors (Lipinski definition) is 9. The molecule has 3 aromatic rings. The Morgan fingerprint density at radius 1 is 0.938 bits per heavy atom. The number of hydrogen-bond donors (Lipinski definition) is 4. The first-order valence-corrected chi connectivity index (χ1v) is 10.8. The molecule has 0 aliphatic carbocycles. The van der Waals surface area contributed by atoms with Crippen LogP contribution in [0.1, 0.15) is 10.6 Å². The molecule has 11 heteroatoms. The fourth-order valence-corrected chi connectivity index (χ4v) is 3.94. The number of aromatic nitrogens is 5. The van der Waals surface area contributed by atoms with E-state index < -0.39 is 0 Å². The Bertz CT molecular complexity index is 1070. The molecule has 166 valence electrons. The maximum absolute atomic E-state index is 12.9. The number of nitrogens with one attached hydrogen (secondary N) is 4. The highest BCUT2D eigenvalue weighted by molar-refractivity contribution is 6.03. The lowest BCUT2D eigenvalue weighted by atomic mass is 10.2. The summed E-state index contributed by atoms with van der Waals surface area (Å²) < 4.78 is 0. The fraction of sp³-hybridized carbons (Fsp3) is 0.381. The van der Waals surface area contributed by atoms with Gasteiger partial charge in [-0.25, -0.2) is 9.97 Å². The molecule has 32 heavy (non-hydrogen) atoms. The van der Waals surface area contributed by atoms with Crippen LogP contribution in [0.3, 0.4) is 0 Å². The second kappa shape index (κ2) is 9.28. The number of amides is 1. The molecule has 0 aromatic carbocycles. The zero-order chi connectivity index (χ0) is 21.8. The Labute approximate surface area is 185 Å². The van der Waals surface area contributed by atoms with Crippen molar-refractivity contribution < 1.29 is 4.79 Å². The Morgan fingerprint density at radius 2 is 1.69 bits per heavy atom. The van der Waals surface area contributed by atoms with Crippen LogP contribution in [0.4, 0.5) is 17.2 Å². The van der Waals surface area contributed by atoms with Gasteiger partial charge >= 0.3 is 0 Å². The minimum atomic E-state index is -0.369. The standard InChI is InChI=1S/C21H26N10O/c32-21(26-16-14-24-5-4-17(16)30-10-6-22-7-11-30)20-27-19(28-29-20)15-2-1-3-18(25-15)31-12-8-23-9-13-31/h1-5,14,22-23H,6-13H2,(H,26,32)(H,27,28,29). The van der Waals surface area contributed by atoms with Crippen molar-refractivity contribution in [2.24, 2.45) is 0 Å². The smallest absolute Gasteiger partial charge is 0.293 e. The van der Waals surface area contributed by atoms with Crippen LogP contribution in [0.25, 0.3) is 11.5 Å². The molecule has 2 saturated heterocycles. The summed E-state index contributed by atoms with van der Waals surface area (Å²) in [6.45, 7) is 7.21. The zero-order valence-corrected chi connectivity index (χ0v) is 17.7. The molecule has 0 bridgehead atoms. The van der Waals surface area contributed by atoms with Crippen molar-refractivity contribution in [3.8, 4) is 11.5 Å². The molecule has 0 saturated carbocycles. The van der Waals surface area contributed by atoms with Crippen LogP contribution in [0.2, 0.25) is 0 Å². The molecule has 5 heterocycles. The Hall–Kier alpha value is -3.57. The first-order valence-electron chi connectivity index (χ1n) is 10.8. The number of H-pyrrole nitrogens is 1. The average Bonchev–Trinajstić information content (AvgIpc) is 3.36. The monoisotopic (exact) mass is 434 g/mol. The Morgan fingerprint density at radius 3 is 2.47 bits per heavy atom. The minimum Gasteiger partial charge on any atom is -0.367 e. The van der Waals surface area contributed by atoms with E-state index in [1.54, 1.807) is 12.4 Å². The maximum Gasteiger partial charge on any atom is 0.293 e. The van der Waals surface area contributed by atoms with Crippen molar-refractivity contribution >= 4 is 23.1 Å². The van der Waals surface area contributed by atoms with E-state index in [9.17, 15) is 4.79 Å². The van der Waals surface area contributed by atoms with E-state index in [0.717, 1.165) is 63.9 Å². The van der Waals surface area contributed by atoms with E-state index >= 15 is 0 Å². The van der Waals surface area contributed by atoms with Crippen LogP contribution in [0.15, 0.2) is 36.7 Å². The lowest BCUT2D eigenvalue weighted by Gasteiger charge is -2.30. The van der Waals surface area contributed by atoms with Crippen molar-refractivity contribution in [1.29, 1.82) is 0 Å². The highest BCUT2D eigenvalue weighted by Crippen LogP contribution is 2.25. The molecule has 2 aliphatic rings. The van der Waals surface area contributed by atoms with Crippen molar-refractivity contribution in [3.63, 3.8) is 0 Å². The van der Waals surface area contributed by atoms with Crippen molar-refractivity contribution in [2.75, 3.05) is 67.5 Å². The number of carbonyl (C=O) groups is 1. The summed E-state index contributed by atoms with van der Waals surface area (Å²) in [6, 6.07) is 7.68. The summed E-state index contributed by atoms with van der Waals surface area (Å²) in [4.78, 5) is 30.6. The predicted octanol–water partition coefficient (Wildman–Crippen LogP) is 0.333. The summed E-state index contributed by atoms with van der Waals surface area (Å²) in [7, 11) is 0. The number of anilines is 3. The highest BCUT2D eigenvalue weighted by Gasteiger charge is 2.19. The summed E-state index contributed by atoms with van der Waals surface area (Å²) in [5, 5.41) is 16.6. The van der Waals surface area contributed by atoms with Gasteiger partial charge in [-0.1, -0.05) is 6.07 Å². The molecule has 0 spiro atoms. The number of rotatable bonds is 5. The molecule has 2 aliphatic heterocycles. The second-order valence-electron chi connectivity index (χ2n) is 7.71. The first kappa shape index (κ1) is 20.3. The molecule has 0 radical (unpaired) electrons. The fourth-order valence-electron chi connectivity index (χ4n) is 3.94. The zero-order valence-electron chi connectivity index (χ0n) is 17.7. The van der Waals surface area contributed by atoms with Gasteiger partial charge in [-0.2, -0.15) is 5.10 Å². The van der Waals surface area contributed by atoms with Crippen LogP contribution >= 0.6 is 0 Å². The third kappa shape index (κ3) is 4.39. The molecular weight excluding hydrogens is 408 g/mol. The van der Waals surface area contributed by atoms with Gasteiger partial charge in [0.15, 0.2) is 5.82 Å². The third-order valence-corrected chi connectivity index (χ3v) is 5.61. The van der Waals surface area contributed by atoms with Gasteiger partial charge in [0.1, 0.15) is 11.5 Å². The normalized spacial score (nSPS) is 16.8. The van der Waals surface area contributed by atoms with Crippen molar-refractivity contribution in [3.05, 3.63) is 42.5 Å². The summed E-state index contributed by atoms with van der Waals surface area (Å²) in [5.41, 5.74) is 2.22. The van der Waals surface area contributed by atoms with Gasteiger partial charge < -0.3 is 25.8 Å². The molecule has 0 atom stereocenters. The van der Waals surface area contributed by atoms with Gasteiger partial charge in [0.25, 0.3) is 5.91 Å². The number of carbonyl (C=O) groups excluding carboxylic acids is 1.